The van der Waals surface area contributed by atoms with Crippen LogP contribution in [0, 0.1) is 5.92 Å². The molecule has 2 heterocycles. The molecule has 1 atom stereocenters. The molecule has 0 bridgehead atoms. The van der Waals surface area contributed by atoms with Crippen LogP contribution in [0.25, 0.3) is 0 Å². The van der Waals surface area contributed by atoms with Gasteiger partial charge in [-0.25, -0.2) is 8.42 Å². The zero-order chi connectivity index (χ0) is 15.2. The van der Waals surface area contributed by atoms with Gasteiger partial charge in [0.15, 0.2) is 0 Å². The number of hydrogen-bond acceptors (Lipinski definition) is 3. The summed E-state index contributed by atoms with van der Waals surface area (Å²) in [5.74, 6) is 0.417. The van der Waals surface area contributed by atoms with Crippen molar-refractivity contribution in [3.05, 3.63) is 23.8 Å². The number of carbonyl (C=O) groups is 1. The summed E-state index contributed by atoms with van der Waals surface area (Å²) >= 11 is 0. The highest BCUT2D eigenvalue weighted by Crippen LogP contribution is 2.32. The van der Waals surface area contributed by atoms with E-state index in [1.165, 1.54) is 6.92 Å². The minimum absolute atomic E-state index is 0.00211. The maximum absolute atomic E-state index is 12.6. The predicted molar refractivity (Wildman–Crippen MR) is 80.7 cm³/mol. The number of nitrogens with zero attached hydrogens (tertiary/aromatic N) is 2. The van der Waals surface area contributed by atoms with Gasteiger partial charge in [0.25, 0.3) is 0 Å². The molecular formula is C15H20N2O3S. The third-order valence-corrected chi connectivity index (χ3v) is 6.21. The first kappa shape index (κ1) is 14.5. The molecule has 1 aromatic rings. The zero-order valence-electron chi connectivity index (χ0n) is 12.4. The lowest BCUT2D eigenvalue weighted by Gasteiger charge is -2.18. The highest BCUT2D eigenvalue weighted by molar-refractivity contribution is 7.89. The molecule has 0 spiro atoms. The van der Waals surface area contributed by atoms with Crippen LogP contribution in [0.4, 0.5) is 5.69 Å². The van der Waals surface area contributed by atoms with Gasteiger partial charge in [0, 0.05) is 32.2 Å². The number of rotatable bonds is 2. The zero-order valence-corrected chi connectivity index (χ0v) is 13.2. The largest absolute Gasteiger partial charge is 0.312 e. The molecule has 1 aromatic carbocycles. The van der Waals surface area contributed by atoms with Crippen LogP contribution < -0.4 is 4.90 Å². The van der Waals surface area contributed by atoms with E-state index in [1.807, 2.05) is 0 Å². The molecule has 5 nitrogen and oxygen atoms in total. The topological polar surface area (TPSA) is 57.7 Å². The molecule has 0 aliphatic carbocycles. The third kappa shape index (κ3) is 2.46. The van der Waals surface area contributed by atoms with Crippen molar-refractivity contribution < 1.29 is 13.2 Å². The van der Waals surface area contributed by atoms with Gasteiger partial charge >= 0.3 is 0 Å². The van der Waals surface area contributed by atoms with Gasteiger partial charge in [-0.05, 0) is 42.5 Å². The van der Waals surface area contributed by atoms with Crippen LogP contribution in [0.1, 0.15) is 25.8 Å². The van der Waals surface area contributed by atoms with Crippen LogP contribution in [0.15, 0.2) is 23.1 Å². The minimum Gasteiger partial charge on any atom is -0.312 e. The van der Waals surface area contributed by atoms with Crippen molar-refractivity contribution in [1.29, 1.82) is 0 Å². The molecule has 0 N–H and O–H groups in total. The Balaban J connectivity index is 1.93. The van der Waals surface area contributed by atoms with Gasteiger partial charge in [0.2, 0.25) is 15.9 Å². The Morgan fingerprint density at radius 2 is 2.05 bits per heavy atom. The average molecular weight is 308 g/mol. The van der Waals surface area contributed by atoms with E-state index < -0.39 is 10.0 Å². The van der Waals surface area contributed by atoms with Crippen molar-refractivity contribution in [3.8, 4) is 0 Å². The second-order valence-corrected chi connectivity index (χ2v) is 7.91. The molecule has 1 saturated heterocycles. The molecule has 0 aromatic heterocycles. The Bertz CT molecular complexity index is 684. The summed E-state index contributed by atoms with van der Waals surface area (Å²) in [6.45, 7) is 5.43. The van der Waals surface area contributed by atoms with E-state index in [1.54, 1.807) is 27.4 Å². The number of sulfonamides is 1. The van der Waals surface area contributed by atoms with Crippen molar-refractivity contribution in [3.63, 3.8) is 0 Å². The molecule has 0 radical (unpaired) electrons. The molecular weight excluding hydrogens is 288 g/mol. The van der Waals surface area contributed by atoms with Crippen LogP contribution in [-0.2, 0) is 21.2 Å². The Morgan fingerprint density at radius 3 is 2.67 bits per heavy atom. The standard InChI is InChI=1S/C15H20N2O3S/c1-11-5-7-16(10-11)21(19,20)14-3-4-15-13(9-14)6-8-17(15)12(2)18/h3-4,9,11H,5-8,10H2,1-2H3. The molecule has 0 saturated carbocycles. The molecule has 1 amide bonds. The Labute approximate surface area is 125 Å². The molecule has 2 aliphatic rings. The van der Waals surface area contributed by atoms with Crippen molar-refractivity contribution in [1.82, 2.24) is 4.31 Å². The second-order valence-electron chi connectivity index (χ2n) is 5.97. The maximum atomic E-state index is 12.6. The second kappa shape index (κ2) is 5.10. The molecule has 6 heteroatoms. The third-order valence-electron chi connectivity index (χ3n) is 4.35. The fourth-order valence-electron chi connectivity index (χ4n) is 3.13. The Morgan fingerprint density at radius 1 is 1.29 bits per heavy atom. The average Bonchev–Trinajstić information content (AvgIpc) is 3.03. The lowest BCUT2D eigenvalue weighted by molar-refractivity contribution is -0.116. The van der Waals surface area contributed by atoms with Crippen LogP contribution in [0.5, 0.6) is 0 Å². The maximum Gasteiger partial charge on any atom is 0.243 e. The minimum atomic E-state index is -3.40. The van der Waals surface area contributed by atoms with Gasteiger partial charge in [-0.2, -0.15) is 4.31 Å². The summed E-state index contributed by atoms with van der Waals surface area (Å²) in [5, 5.41) is 0. The summed E-state index contributed by atoms with van der Waals surface area (Å²) < 4.78 is 26.8. The van der Waals surface area contributed by atoms with E-state index in [4.69, 9.17) is 0 Å². The predicted octanol–water partition coefficient (Wildman–Crippen LogP) is 1.63. The Kier molecular flexibility index (Phi) is 3.53. The number of hydrogen-bond donors (Lipinski definition) is 0. The summed E-state index contributed by atoms with van der Waals surface area (Å²) in [6, 6.07) is 5.12. The van der Waals surface area contributed by atoms with Crippen LogP contribution >= 0.6 is 0 Å². The first-order chi connectivity index (χ1) is 9.89. The molecule has 114 valence electrons. The lowest BCUT2D eigenvalue weighted by Crippen LogP contribution is -2.28. The van der Waals surface area contributed by atoms with Crippen molar-refractivity contribution in [2.24, 2.45) is 5.92 Å². The smallest absolute Gasteiger partial charge is 0.243 e. The van der Waals surface area contributed by atoms with E-state index in [2.05, 4.69) is 6.92 Å². The van der Waals surface area contributed by atoms with Gasteiger partial charge in [0.05, 0.1) is 4.90 Å². The van der Waals surface area contributed by atoms with Crippen LogP contribution in [0.3, 0.4) is 0 Å². The first-order valence-electron chi connectivity index (χ1n) is 7.31. The van der Waals surface area contributed by atoms with Gasteiger partial charge in [-0.15, -0.1) is 0 Å². The Hall–Kier alpha value is -1.40. The van der Waals surface area contributed by atoms with Gasteiger partial charge < -0.3 is 4.90 Å². The van der Waals surface area contributed by atoms with E-state index in [9.17, 15) is 13.2 Å². The highest BCUT2D eigenvalue weighted by Gasteiger charge is 2.32. The quantitative estimate of drug-likeness (QED) is 0.834. The van der Waals surface area contributed by atoms with Gasteiger partial charge in [-0.1, -0.05) is 6.92 Å². The summed E-state index contributed by atoms with van der Waals surface area (Å²) in [6.07, 6.45) is 1.64. The fourth-order valence-corrected chi connectivity index (χ4v) is 4.75. The monoisotopic (exact) mass is 308 g/mol. The van der Waals surface area contributed by atoms with Crippen LogP contribution in [-0.4, -0.2) is 38.3 Å². The van der Waals surface area contributed by atoms with Gasteiger partial charge in [0.1, 0.15) is 0 Å². The number of fused-ring (bicyclic) bond motifs is 1. The molecule has 3 rings (SSSR count). The normalized spacial score (nSPS) is 22.6. The van der Waals surface area contributed by atoms with Crippen LogP contribution in [0.2, 0.25) is 0 Å². The van der Waals surface area contributed by atoms with Gasteiger partial charge in [-0.3, -0.25) is 4.79 Å². The van der Waals surface area contributed by atoms with E-state index in [-0.39, 0.29) is 5.91 Å². The highest BCUT2D eigenvalue weighted by atomic mass is 32.2. The van der Waals surface area contributed by atoms with Crippen molar-refractivity contribution >= 4 is 21.6 Å². The summed E-state index contributed by atoms with van der Waals surface area (Å²) in [7, 11) is -3.40. The number of amides is 1. The number of carbonyl (C=O) groups excluding carboxylic acids is 1. The summed E-state index contributed by atoms with van der Waals surface area (Å²) in [4.78, 5) is 13.6. The number of benzene rings is 1. The fraction of sp³-hybridized carbons (Fsp3) is 0.533. The van der Waals surface area contributed by atoms with E-state index in [0.717, 1.165) is 17.7 Å². The van der Waals surface area contributed by atoms with Crippen molar-refractivity contribution in [2.45, 2.75) is 31.6 Å². The first-order valence-corrected chi connectivity index (χ1v) is 8.75. The van der Waals surface area contributed by atoms with Crippen molar-refractivity contribution in [2.75, 3.05) is 24.5 Å². The lowest BCUT2D eigenvalue weighted by atomic mass is 10.2. The molecule has 1 fully saturated rings. The SMILES string of the molecule is CC(=O)N1CCc2cc(S(=O)(=O)N3CCC(C)C3)ccc21. The molecule has 2 aliphatic heterocycles. The number of anilines is 1. The molecule has 21 heavy (non-hydrogen) atoms. The molecule has 1 unspecified atom stereocenters. The van der Waals surface area contributed by atoms with E-state index >= 15 is 0 Å². The summed E-state index contributed by atoms with van der Waals surface area (Å²) in [5.41, 5.74) is 1.79. The van der Waals surface area contributed by atoms with E-state index in [0.29, 0.717) is 36.9 Å².